The van der Waals surface area contributed by atoms with Gasteiger partial charge in [-0.2, -0.15) is 0 Å². The van der Waals surface area contributed by atoms with Gasteiger partial charge in [-0.3, -0.25) is 4.79 Å². The normalized spacial score (nSPS) is 17.1. The predicted molar refractivity (Wildman–Crippen MR) is 105 cm³/mol. The molecular formula is C20H28N4O3. The maximum atomic E-state index is 12.3. The second kappa shape index (κ2) is 9.53. The topological polar surface area (TPSA) is 68.6 Å². The predicted octanol–water partition coefficient (Wildman–Crippen LogP) is 1.56. The van der Waals surface area contributed by atoms with Crippen molar-refractivity contribution in [3.63, 3.8) is 0 Å². The van der Waals surface area contributed by atoms with Crippen molar-refractivity contribution in [3.05, 3.63) is 52.6 Å². The average Bonchev–Trinajstić information content (AvgIpc) is 2.69. The highest BCUT2D eigenvalue weighted by atomic mass is 16.5. The van der Waals surface area contributed by atoms with E-state index in [-0.39, 0.29) is 5.56 Å². The Morgan fingerprint density at radius 1 is 1.33 bits per heavy atom. The number of piperidine rings is 1. The van der Waals surface area contributed by atoms with E-state index in [2.05, 4.69) is 27.3 Å². The average molecular weight is 372 g/mol. The molecule has 2 aromatic rings. The Morgan fingerprint density at radius 3 is 3.07 bits per heavy atom. The van der Waals surface area contributed by atoms with Crippen molar-refractivity contribution in [2.45, 2.75) is 25.4 Å². The van der Waals surface area contributed by atoms with Crippen molar-refractivity contribution in [1.29, 1.82) is 0 Å². The molecule has 27 heavy (non-hydrogen) atoms. The molecule has 2 heterocycles. The highest BCUT2D eigenvalue weighted by molar-refractivity contribution is 5.36. The van der Waals surface area contributed by atoms with Crippen LogP contribution in [-0.2, 0) is 18.3 Å². The van der Waals surface area contributed by atoms with Crippen LogP contribution in [0.25, 0.3) is 0 Å². The minimum absolute atomic E-state index is 0.0425. The molecule has 0 aliphatic carbocycles. The number of ether oxygens (including phenoxy) is 2. The van der Waals surface area contributed by atoms with Gasteiger partial charge in [0.15, 0.2) is 5.82 Å². The van der Waals surface area contributed by atoms with Gasteiger partial charge in [0, 0.05) is 52.2 Å². The maximum Gasteiger partial charge on any atom is 0.293 e. The molecule has 1 aromatic carbocycles. The largest absolute Gasteiger partial charge is 0.491 e. The van der Waals surface area contributed by atoms with Gasteiger partial charge in [-0.25, -0.2) is 4.98 Å². The number of hydrogen-bond acceptors (Lipinski definition) is 6. The van der Waals surface area contributed by atoms with Crippen molar-refractivity contribution in [1.82, 2.24) is 14.9 Å². The van der Waals surface area contributed by atoms with E-state index in [0.717, 1.165) is 38.2 Å². The number of nitrogens with zero attached hydrogens (tertiary/aromatic N) is 3. The molecular weight excluding hydrogens is 344 g/mol. The van der Waals surface area contributed by atoms with E-state index in [0.29, 0.717) is 25.1 Å². The monoisotopic (exact) mass is 372 g/mol. The van der Waals surface area contributed by atoms with Crippen molar-refractivity contribution < 1.29 is 9.47 Å². The summed E-state index contributed by atoms with van der Waals surface area (Å²) in [7, 11) is 3.42. The third-order valence-electron chi connectivity index (χ3n) is 4.77. The lowest BCUT2D eigenvalue weighted by Crippen LogP contribution is -2.47. The standard InChI is InChI=1S/C20H28N4O3/c1-23-10-8-21-19(20(23)25)24-9-4-6-17(15-24)22-14-16-5-3-7-18(13-16)27-12-11-26-2/h3,5,7-8,10,13,17,22H,4,6,9,11-12,14-15H2,1-2H3. The molecule has 1 aliphatic rings. The lowest BCUT2D eigenvalue weighted by atomic mass is 10.1. The van der Waals surface area contributed by atoms with E-state index in [1.807, 2.05) is 12.1 Å². The van der Waals surface area contributed by atoms with Crippen LogP contribution in [0.2, 0.25) is 0 Å². The van der Waals surface area contributed by atoms with Crippen LogP contribution in [0.15, 0.2) is 41.5 Å². The zero-order chi connectivity index (χ0) is 19.1. The third-order valence-corrected chi connectivity index (χ3v) is 4.77. The van der Waals surface area contributed by atoms with E-state index >= 15 is 0 Å². The fourth-order valence-corrected chi connectivity index (χ4v) is 3.29. The first-order valence-corrected chi connectivity index (χ1v) is 9.38. The van der Waals surface area contributed by atoms with Gasteiger partial charge in [0.25, 0.3) is 5.56 Å². The summed E-state index contributed by atoms with van der Waals surface area (Å²) in [6.45, 7) is 3.54. The summed E-state index contributed by atoms with van der Waals surface area (Å²) >= 11 is 0. The van der Waals surface area contributed by atoms with Gasteiger partial charge in [-0.1, -0.05) is 12.1 Å². The molecule has 1 aliphatic heterocycles. The van der Waals surface area contributed by atoms with Crippen LogP contribution in [0.4, 0.5) is 5.82 Å². The van der Waals surface area contributed by atoms with Crippen LogP contribution >= 0.6 is 0 Å². The molecule has 0 spiro atoms. The van der Waals surface area contributed by atoms with Crippen LogP contribution in [0.1, 0.15) is 18.4 Å². The minimum Gasteiger partial charge on any atom is -0.491 e. The number of methoxy groups -OCH3 is 1. The Hall–Kier alpha value is -2.38. The van der Waals surface area contributed by atoms with Gasteiger partial charge in [-0.15, -0.1) is 0 Å². The SMILES string of the molecule is COCCOc1cccc(CNC2CCCN(c3nccn(C)c3=O)C2)c1. The van der Waals surface area contributed by atoms with Crippen LogP contribution in [0, 0.1) is 0 Å². The lowest BCUT2D eigenvalue weighted by molar-refractivity contribution is 0.146. The summed E-state index contributed by atoms with van der Waals surface area (Å²) in [5.41, 5.74) is 1.13. The molecule has 146 valence electrons. The Bertz CT molecular complexity index is 793. The summed E-state index contributed by atoms with van der Waals surface area (Å²) in [4.78, 5) is 18.7. The van der Waals surface area contributed by atoms with Crippen LogP contribution < -0.4 is 20.5 Å². The summed E-state index contributed by atoms with van der Waals surface area (Å²) in [6.07, 6.45) is 5.50. The smallest absolute Gasteiger partial charge is 0.293 e. The van der Waals surface area contributed by atoms with E-state index in [9.17, 15) is 4.79 Å². The molecule has 1 aromatic heterocycles. The molecule has 1 fully saturated rings. The van der Waals surface area contributed by atoms with Gasteiger partial charge in [0.05, 0.1) is 6.61 Å². The molecule has 3 rings (SSSR count). The zero-order valence-electron chi connectivity index (χ0n) is 16.1. The molecule has 1 atom stereocenters. The van der Waals surface area contributed by atoms with E-state index in [4.69, 9.17) is 9.47 Å². The fourth-order valence-electron chi connectivity index (χ4n) is 3.29. The number of hydrogen-bond donors (Lipinski definition) is 1. The Balaban J connectivity index is 1.56. The molecule has 7 nitrogen and oxygen atoms in total. The van der Waals surface area contributed by atoms with Crippen LogP contribution in [0.3, 0.4) is 0 Å². The van der Waals surface area contributed by atoms with E-state index in [1.54, 1.807) is 31.1 Å². The van der Waals surface area contributed by atoms with Crippen LogP contribution in [-0.4, -0.2) is 49.0 Å². The van der Waals surface area contributed by atoms with Gasteiger partial charge in [0.1, 0.15) is 12.4 Å². The Labute approximate surface area is 159 Å². The van der Waals surface area contributed by atoms with Crippen molar-refractivity contribution in [2.24, 2.45) is 7.05 Å². The number of aryl methyl sites for hydroxylation is 1. The zero-order valence-corrected chi connectivity index (χ0v) is 16.1. The summed E-state index contributed by atoms with van der Waals surface area (Å²) in [5, 5.41) is 3.61. The molecule has 0 bridgehead atoms. The Morgan fingerprint density at radius 2 is 2.22 bits per heavy atom. The van der Waals surface area contributed by atoms with E-state index in [1.165, 1.54) is 5.56 Å². The number of nitrogens with one attached hydrogen (secondary N) is 1. The number of aromatic nitrogens is 2. The highest BCUT2D eigenvalue weighted by Crippen LogP contribution is 2.17. The Kier molecular flexibility index (Phi) is 6.84. The first kappa shape index (κ1) is 19.4. The fraction of sp³-hybridized carbons (Fsp3) is 0.500. The third kappa shape index (κ3) is 5.30. The molecule has 0 saturated carbocycles. The highest BCUT2D eigenvalue weighted by Gasteiger charge is 2.22. The quantitative estimate of drug-likeness (QED) is 0.710. The second-order valence-electron chi connectivity index (χ2n) is 6.82. The van der Waals surface area contributed by atoms with Crippen molar-refractivity contribution in [2.75, 3.05) is 38.3 Å². The number of rotatable bonds is 8. The number of benzene rings is 1. The lowest BCUT2D eigenvalue weighted by Gasteiger charge is -2.33. The summed E-state index contributed by atoms with van der Waals surface area (Å²) in [5.74, 6) is 1.40. The van der Waals surface area contributed by atoms with Crippen molar-refractivity contribution in [3.8, 4) is 5.75 Å². The summed E-state index contributed by atoms with van der Waals surface area (Å²) < 4.78 is 12.3. The first-order valence-electron chi connectivity index (χ1n) is 9.38. The molecule has 0 amide bonds. The second-order valence-corrected chi connectivity index (χ2v) is 6.82. The minimum atomic E-state index is -0.0425. The van der Waals surface area contributed by atoms with Gasteiger partial charge < -0.3 is 24.3 Å². The van der Waals surface area contributed by atoms with Gasteiger partial charge in [-0.05, 0) is 30.5 Å². The summed E-state index contributed by atoms with van der Waals surface area (Å²) in [6, 6.07) is 8.43. The number of anilines is 1. The molecule has 1 saturated heterocycles. The van der Waals surface area contributed by atoms with Crippen LogP contribution in [0.5, 0.6) is 5.75 Å². The van der Waals surface area contributed by atoms with Gasteiger partial charge in [0.2, 0.25) is 0 Å². The van der Waals surface area contributed by atoms with Crippen molar-refractivity contribution >= 4 is 5.82 Å². The maximum absolute atomic E-state index is 12.3. The van der Waals surface area contributed by atoms with Gasteiger partial charge >= 0.3 is 0 Å². The first-order chi connectivity index (χ1) is 13.2. The molecule has 7 heteroatoms. The molecule has 1 N–H and O–H groups in total. The van der Waals surface area contributed by atoms with E-state index < -0.39 is 0 Å². The molecule has 0 radical (unpaired) electrons. The molecule has 1 unspecified atom stereocenters.